The van der Waals surface area contributed by atoms with Crippen LogP contribution in [0.25, 0.3) is 0 Å². The van der Waals surface area contributed by atoms with E-state index in [0.29, 0.717) is 12.1 Å². The molecule has 0 radical (unpaired) electrons. The van der Waals surface area contributed by atoms with Crippen molar-refractivity contribution in [3.63, 3.8) is 0 Å². The molecule has 76 valence electrons. The minimum atomic E-state index is -0.968. The fourth-order valence-corrected chi connectivity index (χ4v) is 1.26. The Hall–Kier alpha value is -1.55. The van der Waals surface area contributed by atoms with Gasteiger partial charge in [0.2, 0.25) is 0 Å². The van der Waals surface area contributed by atoms with Gasteiger partial charge in [-0.2, -0.15) is 0 Å². The summed E-state index contributed by atoms with van der Waals surface area (Å²) in [6, 6.07) is 4.73. The van der Waals surface area contributed by atoms with Crippen molar-refractivity contribution in [3.8, 4) is 0 Å². The highest BCUT2D eigenvalue weighted by atomic mass is 16.4. The predicted molar refractivity (Wildman–Crippen MR) is 55.2 cm³/mol. The highest BCUT2D eigenvalue weighted by Crippen LogP contribution is 2.15. The van der Waals surface area contributed by atoms with Gasteiger partial charge in [0, 0.05) is 11.7 Å². The molecule has 0 saturated carbocycles. The molecule has 5 N–H and O–H groups in total. The summed E-state index contributed by atoms with van der Waals surface area (Å²) < 4.78 is 0. The molecule has 14 heavy (non-hydrogen) atoms. The van der Waals surface area contributed by atoms with Gasteiger partial charge in [-0.05, 0) is 31.0 Å². The SMILES string of the molecule is CC(N)Cc1ccc(C(=O)O)cc1N. The van der Waals surface area contributed by atoms with Gasteiger partial charge in [-0.15, -0.1) is 0 Å². The van der Waals surface area contributed by atoms with Gasteiger partial charge in [-0.25, -0.2) is 4.79 Å². The molecule has 4 heteroatoms. The summed E-state index contributed by atoms with van der Waals surface area (Å²) in [5.41, 5.74) is 12.9. The number of nitrogens with two attached hydrogens (primary N) is 2. The Morgan fingerprint density at radius 2 is 2.21 bits per heavy atom. The van der Waals surface area contributed by atoms with Crippen molar-refractivity contribution in [1.29, 1.82) is 0 Å². The number of hydrogen-bond donors (Lipinski definition) is 3. The predicted octanol–water partition coefficient (Wildman–Crippen LogP) is 0.857. The first-order valence-electron chi connectivity index (χ1n) is 4.38. The van der Waals surface area contributed by atoms with Gasteiger partial charge in [0.1, 0.15) is 0 Å². The molecule has 0 bridgehead atoms. The largest absolute Gasteiger partial charge is 0.478 e. The number of carboxylic acids is 1. The summed E-state index contributed by atoms with van der Waals surface area (Å²) in [6.07, 6.45) is 0.658. The average Bonchev–Trinajstić information content (AvgIpc) is 2.07. The number of rotatable bonds is 3. The second-order valence-corrected chi connectivity index (χ2v) is 3.40. The number of aromatic carboxylic acids is 1. The van der Waals surface area contributed by atoms with E-state index in [9.17, 15) is 4.79 Å². The van der Waals surface area contributed by atoms with E-state index in [1.165, 1.54) is 12.1 Å². The zero-order chi connectivity index (χ0) is 10.7. The van der Waals surface area contributed by atoms with Crippen LogP contribution >= 0.6 is 0 Å². The molecule has 1 rings (SSSR count). The maximum atomic E-state index is 10.6. The highest BCUT2D eigenvalue weighted by Gasteiger charge is 2.07. The fraction of sp³-hybridized carbons (Fsp3) is 0.300. The van der Waals surface area contributed by atoms with E-state index in [0.717, 1.165) is 5.56 Å². The molecule has 0 spiro atoms. The van der Waals surface area contributed by atoms with Crippen LogP contribution in [0.15, 0.2) is 18.2 Å². The molecule has 4 nitrogen and oxygen atoms in total. The molecule has 0 amide bonds. The van der Waals surface area contributed by atoms with E-state index in [1.54, 1.807) is 6.07 Å². The van der Waals surface area contributed by atoms with E-state index in [4.69, 9.17) is 16.6 Å². The van der Waals surface area contributed by atoms with Crippen LogP contribution in [0.1, 0.15) is 22.8 Å². The maximum Gasteiger partial charge on any atom is 0.335 e. The van der Waals surface area contributed by atoms with Gasteiger partial charge in [0.25, 0.3) is 0 Å². The number of carboxylic acid groups (broad SMARTS) is 1. The quantitative estimate of drug-likeness (QED) is 0.622. The molecular formula is C10H14N2O2. The summed E-state index contributed by atoms with van der Waals surface area (Å²) in [5, 5.41) is 8.70. The topological polar surface area (TPSA) is 89.3 Å². The second-order valence-electron chi connectivity index (χ2n) is 3.40. The summed E-state index contributed by atoms with van der Waals surface area (Å²) in [7, 11) is 0. The third-order valence-corrected chi connectivity index (χ3v) is 1.93. The summed E-state index contributed by atoms with van der Waals surface area (Å²) in [6.45, 7) is 1.88. The third-order valence-electron chi connectivity index (χ3n) is 1.93. The van der Waals surface area contributed by atoms with Crippen molar-refractivity contribution in [1.82, 2.24) is 0 Å². The monoisotopic (exact) mass is 194 g/mol. The maximum absolute atomic E-state index is 10.6. The van der Waals surface area contributed by atoms with Gasteiger partial charge < -0.3 is 16.6 Å². The van der Waals surface area contributed by atoms with Crippen molar-refractivity contribution in [2.45, 2.75) is 19.4 Å². The molecule has 0 fully saturated rings. The lowest BCUT2D eigenvalue weighted by atomic mass is 10.0. The van der Waals surface area contributed by atoms with Crippen LogP contribution in [0.3, 0.4) is 0 Å². The Bertz CT molecular complexity index is 348. The molecule has 0 heterocycles. The Morgan fingerprint density at radius 1 is 1.57 bits per heavy atom. The van der Waals surface area contributed by atoms with E-state index in [1.807, 2.05) is 6.92 Å². The smallest absolute Gasteiger partial charge is 0.335 e. The molecule has 1 aromatic carbocycles. The standard InChI is InChI=1S/C10H14N2O2/c1-6(11)4-7-2-3-8(10(13)14)5-9(7)12/h2-3,5-6H,4,11-12H2,1H3,(H,13,14). The van der Waals surface area contributed by atoms with Crippen molar-refractivity contribution in [2.75, 3.05) is 5.73 Å². The molecule has 1 unspecified atom stereocenters. The number of benzene rings is 1. The summed E-state index contributed by atoms with van der Waals surface area (Å²) in [5.74, 6) is -0.968. The third kappa shape index (κ3) is 2.47. The van der Waals surface area contributed by atoms with Crippen LogP contribution in [-0.2, 0) is 6.42 Å². The minimum absolute atomic E-state index is 0.0213. The molecule has 1 aromatic rings. The van der Waals surface area contributed by atoms with Crippen LogP contribution in [0, 0.1) is 0 Å². The number of nitrogen functional groups attached to an aromatic ring is 1. The normalized spacial score (nSPS) is 12.4. The number of anilines is 1. The Kier molecular flexibility index (Phi) is 3.09. The minimum Gasteiger partial charge on any atom is -0.478 e. The van der Waals surface area contributed by atoms with Crippen molar-refractivity contribution in [3.05, 3.63) is 29.3 Å². The molecule has 0 aromatic heterocycles. The Balaban J connectivity index is 2.95. The molecule has 1 atom stereocenters. The van der Waals surface area contributed by atoms with Gasteiger partial charge in [0.15, 0.2) is 0 Å². The zero-order valence-electron chi connectivity index (χ0n) is 8.03. The van der Waals surface area contributed by atoms with E-state index >= 15 is 0 Å². The van der Waals surface area contributed by atoms with Crippen molar-refractivity contribution in [2.24, 2.45) is 5.73 Å². The molecule has 0 aliphatic heterocycles. The van der Waals surface area contributed by atoms with Gasteiger partial charge >= 0.3 is 5.97 Å². The summed E-state index contributed by atoms with van der Waals surface area (Å²) >= 11 is 0. The highest BCUT2D eigenvalue weighted by molar-refractivity contribution is 5.88. The van der Waals surface area contributed by atoms with Crippen LogP contribution in [0.5, 0.6) is 0 Å². The first kappa shape index (κ1) is 10.5. The lowest BCUT2D eigenvalue weighted by Crippen LogP contribution is -2.18. The molecular weight excluding hydrogens is 180 g/mol. The van der Waals surface area contributed by atoms with E-state index in [2.05, 4.69) is 0 Å². The van der Waals surface area contributed by atoms with Crippen LogP contribution in [-0.4, -0.2) is 17.1 Å². The number of carbonyl (C=O) groups is 1. The molecule has 0 aliphatic rings. The van der Waals surface area contributed by atoms with Crippen LogP contribution in [0.2, 0.25) is 0 Å². The fourth-order valence-electron chi connectivity index (χ4n) is 1.26. The Labute approximate surface area is 82.5 Å². The summed E-state index contributed by atoms with van der Waals surface area (Å²) in [4.78, 5) is 10.6. The zero-order valence-corrected chi connectivity index (χ0v) is 8.03. The Morgan fingerprint density at radius 3 is 2.64 bits per heavy atom. The van der Waals surface area contributed by atoms with Gasteiger partial charge in [0.05, 0.1) is 5.56 Å². The van der Waals surface area contributed by atoms with Gasteiger partial charge in [-0.3, -0.25) is 0 Å². The lowest BCUT2D eigenvalue weighted by Gasteiger charge is -2.08. The number of hydrogen-bond acceptors (Lipinski definition) is 3. The van der Waals surface area contributed by atoms with E-state index < -0.39 is 5.97 Å². The molecule has 0 saturated heterocycles. The first-order valence-corrected chi connectivity index (χ1v) is 4.38. The average molecular weight is 194 g/mol. The first-order chi connectivity index (χ1) is 6.50. The lowest BCUT2D eigenvalue weighted by molar-refractivity contribution is 0.0697. The van der Waals surface area contributed by atoms with Crippen LogP contribution < -0.4 is 11.5 Å². The van der Waals surface area contributed by atoms with Crippen LogP contribution in [0.4, 0.5) is 5.69 Å². The van der Waals surface area contributed by atoms with Crippen molar-refractivity contribution < 1.29 is 9.90 Å². The van der Waals surface area contributed by atoms with Gasteiger partial charge in [-0.1, -0.05) is 6.07 Å². The molecule has 0 aliphatic carbocycles. The second kappa shape index (κ2) is 4.11. The van der Waals surface area contributed by atoms with E-state index in [-0.39, 0.29) is 11.6 Å². The van der Waals surface area contributed by atoms with Crippen molar-refractivity contribution >= 4 is 11.7 Å².